The molecule has 0 saturated heterocycles. The van der Waals surface area contributed by atoms with Crippen molar-refractivity contribution in [2.45, 2.75) is 58.2 Å². The van der Waals surface area contributed by atoms with Crippen molar-refractivity contribution in [3.63, 3.8) is 0 Å². The molecular formula is C27H31FN6O3. The van der Waals surface area contributed by atoms with E-state index in [9.17, 15) is 9.18 Å². The molecule has 0 unspecified atom stereocenters. The van der Waals surface area contributed by atoms with Gasteiger partial charge in [0.15, 0.2) is 23.0 Å². The Balaban J connectivity index is 1.28. The highest BCUT2D eigenvalue weighted by atomic mass is 19.1. The van der Waals surface area contributed by atoms with E-state index < -0.39 is 11.5 Å². The molecule has 0 amide bonds. The Bertz CT molecular complexity index is 1430. The maximum atomic E-state index is 14.9. The van der Waals surface area contributed by atoms with E-state index >= 15 is 0 Å². The lowest BCUT2D eigenvalue weighted by Crippen LogP contribution is -2.34. The van der Waals surface area contributed by atoms with Crippen molar-refractivity contribution in [1.82, 2.24) is 24.8 Å². The third-order valence-corrected chi connectivity index (χ3v) is 6.55. The van der Waals surface area contributed by atoms with Crippen molar-refractivity contribution in [1.29, 1.82) is 0 Å². The monoisotopic (exact) mass is 506 g/mol. The second kappa shape index (κ2) is 11.0. The van der Waals surface area contributed by atoms with Crippen LogP contribution in [0.5, 0.6) is 17.5 Å². The fraction of sp³-hybridized carbons (Fsp3) is 0.370. The molecule has 1 fully saturated rings. The fourth-order valence-corrected chi connectivity index (χ4v) is 4.13. The first-order valence-corrected chi connectivity index (χ1v) is 12.7. The lowest BCUT2D eigenvalue weighted by Gasteiger charge is -2.26. The molecule has 1 aliphatic carbocycles. The van der Waals surface area contributed by atoms with Crippen LogP contribution in [-0.4, -0.2) is 32.2 Å². The van der Waals surface area contributed by atoms with Gasteiger partial charge in [-0.2, -0.15) is 9.97 Å². The summed E-state index contributed by atoms with van der Waals surface area (Å²) in [4.78, 5) is 23.8. The number of benzene rings is 2. The molecule has 0 aliphatic heterocycles. The lowest BCUT2D eigenvalue weighted by atomic mass is 9.93. The van der Waals surface area contributed by atoms with Gasteiger partial charge in [0.25, 0.3) is 0 Å². The number of H-pyrrole nitrogens is 1. The molecule has 5 rings (SSSR count). The number of nitrogen functional groups attached to an aromatic ring is 1. The number of nitrogens with one attached hydrogen (secondary N) is 2. The van der Waals surface area contributed by atoms with Crippen molar-refractivity contribution in [3.05, 3.63) is 69.9 Å². The Morgan fingerprint density at radius 3 is 2.65 bits per heavy atom. The van der Waals surface area contributed by atoms with Crippen LogP contribution in [0.4, 0.5) is 10.2 Å². The molecule has 4 aromatic rings. The summed E-state index contributed by atoms with van der Waals surface area (Å²) < 4.78 is 27.6. The van der Waals surface area contributed by atoms with Crippen LogP contribution >= 0.6 is 0 Å². The number of hydrogen-bond donors (Lipinski definition) is 3. The molecule has 2 heterocycles. The number of aromatic amines is 1. The highest BCUT2D eigenvalue weighted by Gasteiger charge is 2.17. The maximum Gasteiger partial charge on any atom is 0.328 e. The predicted molar refractivity (Wildman–Crippen MR) is 139 cm³/mol. The first-order valence-electron chi connectivity index (χ1n) is 12.7. The zero-order valence-corrected chi connectivity index (χ0v) is 20.8. The van der Waals surface area contributed by atoms with E-state index in [0.717, 1.165) is 24.9 Å². The standard InChI is InChI=1S/C27H31FN6O3/c1-2-3-13-36-26-32-24(29)23-25(33-26)34(27(35)31-23)16-18-9-12-22(21(28)14-18)37-20-10-7-17(8-11-20)15-30-19-5-4-6-19/h7-12,14,19,30H,2-6,13,15-16H2,1H3,(H,31,35)(H2,29,32,33). The van der Waals surface area contributed by atoms with E-state index in [2.05, 4.69) is 20.3 Å². The normalized spacial score (nSPS) is 13.6. The summed E-state index contributed by atoms with van der Waals surface area (Å²) in [6.07, 6.45) is 5.58. The molecule has 9 nitrogen and oxygen atoms in total. The quantitative estimate of drug-likeness (QED) is 0.256. The highest BCUT2D eigenvalue weighted by molar-refractivity contribution is 5.81. The Kier molecular flexibility index (Phi) is 7.36. The molecule has 4 N–H and O–H groups in total. The number of fused-ring (bicyclic) bond motifs is 1. The summed E-state index contributed by atoms with van der Waals surface area (Å²) in [6, 6.07) is 13.0. The first-order chi connectivity index (χ1) is 18.0. The van der Waals surface area contributed by atoms with Crippen LogP contribution in [0.1, 0.15) is 50.2 Å². The van der Waals surface area contributed by atoms with Gasteiger partial charge in [-0.15, -0.1) is 0 Å². The Morgan fingerprint density at radius 1 is 1.16 bits per heavy atom. The van der Waals surface area contributed by atoms with Gasteiger partial charge in [0.1, 0.15) is 11.3 Å². The number of rotatable bonds is 11. The maximum absolute atomic E-state index is 14.9. The lowest BCUT2D eigenvalue weighted by molar-refractivity contribution is 0.286. The predicted octanol–water partition coefficient (Wildman–Crippen LogP) is 4.50. The minimum atomic E-state index is -0.529. The first kappa shape index (κ1) is 24.8. The molecule has 0 radical (unpaired) electrons. The van der Waals surface area contributed by atoms with Gasteiger partial charge in [0.05, 0.1) is 13.2 Å². The number of nitrogens with two attached hydrogens (primary N) is 1. The van der Waals surface area contributed by atoms with Gasteiger partial charge >= 0.3 is 11.7 Å². The number of nitrogens with zero attached hydrogens (tertiary/aromatic N) is 3. The van der Waals surface area contributed by atoms with Gasteiger partial charge < -0.3 is 25.5 Å². The highest BCUT2D eigenvalue weighted by Crippen LogP contribution is 2.27. The van der Waals surface area contributed by atoms with Crippen molar-refractivity contribution in [2.24, 2.45) is 0 Å². The van der Waals surface area contributed by atoms with E-state index in [1.54, 1.807) is 12.1 Å². The number of hydrogen-bond acceptors (Lipinski definition) is 7. The summed E-state index contributed by atoms with van der Waals surface area (Å²) in [6.45, 7) is 3.39. The van der Waals surface area contributed by atoms with Crippen LogP contribution in [0, 0.1) is 5.82 Å². The molecule has 2 aromatic carbocycles. The molecule has 10 heteroatoms. The fourth-order valence-electron chi connectivity index (χ4n) is 4.13. The molecule has 1 aliphatic rings. The molecule has 0 bridgehead atoms. The zero-order chi connectivity index (χ0) is 25.8. The van der Waals surface area contributed by atoms with E-state index in [1.165, 1.54) is 29.9 Å². The molecule has 0 atom stereocenters. The molecule has 37 heavy (non-hydrogen) atoms. The van der Waals surface area contributed by atoms with Gasteiger partial charge in [-0.1, -0.05) is 38.0 Å². The summed E-state index contributed by atoms with van der Waals surface area (Å²) in [5.74, 6) is 0.245. The van der Waals surface area contributed by atoms with Gasteiger partial charge in [0.2, 0.25) is 0 Å². The van der Waals surface area contributed by atoms with Crippen molar-refractivity contribution in [3.8, 4) is 17.5 Å². The number of unbranched alkanes of at least 4 members (excludes halogenated alkanes) is 1. The van der Waals surface area contributed by atoms with Gasteiger partial charge in [-0.25, -0.2) is 9.18 Å². The number of halogens is 1. The Morgan fingerprint density at radius 2 is 1.95 bits per heavy atom. The van der Waals surface area contributed by atoms with Crippen molar-refractivity contribution in [2.75, 3.05) is 12.3 Å². The largest absolute Gasteiger partial charge is 0.463 e. The van der Waals surface area contributed by atoms with Crippen LogP contribution < -0.4 is 26.2 Å². The topological polar surface area (TPSA) is 120 Å². The average Bonchev–Trinajstić information content (AvgIpc) is 3.16. The summed E-state index contributed by atoms with van der Waals surface area (Å²) in [5, 5.41) is 3.52. The molecule has 2 aromatic heterocycles. The number of aromatic nitrogens is 4. The Labute approximate surface area is 213 Å². The van der Waals surface area contributed by atoms with Crippen molar-refractivity contribution < 1.29 is 13.9 Å². The van der Waals surface area contributed by atoms with Crippen LogP contribution in [0.3, 0.4) is 0 Å². The number of imidazole rings is 1. The summed E-state index contributed by atoms with van der Waals surface area (Å²) in [7, 11) is 0. The molecule has 194 valence electrons. The number of ether oxygens (including phenoxy) is 2. The van der Waals surface area contributed by atoms with E-state index in [4.69, 9.17) is 15.2 Å². The van der Waals surface area contributed by atoms with Crippen LogP contribution in [-0.2, 0) is 13.1 Å². The Hall–Kier alpha value is -3.92. The SMILES string of the molecule is CCCCOc1nc(N)c2[nH]c(=O)n(Cc3ccc(Oc4ccc(CNC5CCC5)cc4)c(F)c3)c2n1. The van der Waals surface area contributed by atoms with Gasteiger partial charge in [-0.3, -0.25) is 4.57 Å². The summed E-state index contributed by atoms with van der Waals surface area (Å²) in [5.41, 5.74) is 7.93. The van der Waals surface area contributed by atoms with Crippen molar-refractivity contribution >= 4 is 17.0 Å². The van der Waals surface area contributed by atoms with Crippen LogP contribution in [0.15, 0.2) is 47.3 Å². The summed E-state index contributed by atoms with van der Waals surface area (Å²) >= 11 is 0. The zero-order valence-electron chi connectivity index (χ0n) is 20.8. The van der Waals surface area contributed by atoms with E-state index in [-0.39, 0.29) is 24.1 Å². The molecule has 1 saturated carbocycles. The minimum absolute atomic E-state index is 0.0869. The van der Waals surface area contributed by atoms with Gasteiger partial charge in [0, 0.05) is 12.6 Å². The van der Waals surface area contributed by atoms with Gasteiger partial charge in [-0.05, 0) is 54.7 Å². The third kappa shape index (κ3) is 5.75. The smallest absolute Gasteiger partial charge is 0.328 e. The second-order valence-electron chi connectivity index (χ2n) is 9.33. The molecular weight excluding hydrogens is 475 g/mol. The van der Waals surface area contributed by atoms with Crippen LogP contribution in [0.2, 0.25) is 0 Å². The molecule has 0 spiro atoms. The second-order valence-corrected chi connectivity index (χ2v) is 9.33. The van der Waals surface area contributed by atoms with E-state index in [1.807, 2.05) is 31.2 Å². The third-order valence-electron chi connectivity index (χ3n) is 6.55. The minimum Gasteiger partial charge on any atom is -0.463 e. The number of anilines is 1. The van der Waals surface area contributed by atoms with Crippen LogP contribution in [0.25, 0.3) is 11.2 Å². The average molecular weight is 507 g/mol. The van der Waals surface area contributed by atoms with E-state index in [0.29, 0.717) is 35.1 Å².